The second-order valence-electron chi connectivity index (χ2n) is 9.14. The van der Waals surface area contributed by atoms with Gasteiger partial charge in [-0.05, 0) is 49.8 Å². The number of piperidine rings is 1. The summed E-state index contributed by atoms with van der Waals surface area (Å²) < 4.78 is 64.5. The lowest BCUT2D eigenvalue weighted by Gasteiger charge is -2.48. The first-order chi connectivity index (χ1) is 13.4. The zero-order valence-corrected chi connectivity index (χ0v) is 18.3. The number of alkyl halides is 3. The predicted molar refractivity (Wildman–Crippen MR) is 103 cm³/mol. The van der Waals surface area contributed by atoms with Gasteiger partial charge < -0.3 is 5.11 Å². The van der Waals surface area contributed by atoms with Crippen LogP contribution < -0.4 is 0 Å². The molecule has 2 atom stereocenters. The summed E-state index contributed by atoms with van der Waals surface area (Å²) in [4.78, 5) is 24.5. The highest BCUT2D eigenvalue weighted by Crippen LogP contribution is 2.47. The van der Waals surface area contributed by atoms with Gasteiger partial charge in [0, 0.05) is 12.5 Å². The summed E-state index contributed by atoms with van der Waals surface area (Å²) in [5, 5.41) is 9.31. The van der Waals surface area contributed by atoms with E-state index in [1.807, 2.05) is 0 Å². The van der Waals surface area contributed by atoms with Crippen molar-refractivity contribution in [1.29, 1.82) is 0 Å². The van der Waals surface area contributed by atoms with Crippen LogP contribution >= 0.6 is 0 Å². The maximum atomic E-state index is 13.4. The van der Waals surface area contributed by atoms with Crippen LogP contribution in [0.4, 0.5) is 18.0 Å². The lowest BCUT2D eigenvalue weighted by Crippen LogP contribution is -2.58. The molecule has 1 unspecified atom stereocenters. The van der Waals surface area contributed by atoms with Crippen molar-refractivity contribution < 1.29 is 36.3 Å². The number of rotatable bonds is 3. The Kier molecular flexibility index (Phi) is 6.08. The fourth-order valence-electron chi connectivity index (χ4n) is 4.14. The molecule has 1 aliphatic heterocycles. The monoisotopic (exact) mass is 449 g/mol. The number of amides is 2. The molecule has 1 aliphatic rings. The fourth-order valence-corrected chi connectivity index (χ4v) is 5.94. The minimum Gasteiger partial charge on any atom is -0.465 e. The summed E-state index contributed by atoms with van der Waals surface area (Å²) in [6.45, 7) is 7.72. The zero-order chi connectivity index (χ0) is 23.3. The number of carboxylic acid groups (broad SMARTS) is 1. The molecule has 0 bridgehead atoms. The van der Waals surface area contributed by atoms with Crippen LogP contribution in [0.15, 0.2) is 29.2 Å². The average molecular weight is 449 g/mol. The van der Waals surface area contributed by atoms with Gasteiger partial charge in [-0.15, -0.1) is 0 Å². The Morgan fingerprint density at radius 2 is 1.70 bits per heavy atom. The molecule has 1 N–H and O–H groups in total. The topological polar surface area (TPSA) is 91.8 Å². The molecule has 0 aliphatic carbocycles. The summed E-state index contributed by atoms with van der Waals surface area (Å²) in [5.74, 6) is -2.43. The second-order valence-corrected chi connectivity index (χ2v) is 11.7. The van der Waals surface area contributed by atoms with Gasteiger partial charge in [0.1, 0.15) is 0 Å². The molecule has 0 saturated carbocycles. The van der Waals surface area contributed by atoms with E-state index in [1.54, 1.807) is 20.8 Å². The molecule has 0 aromatic heterocycles. The third-order valence-corrected chi connectivity index (χ3v) is 8.38. The Bertz CT molecular complexity index is 948. The predicted octanol–water partition coefficient (Wildman–Crippen LogP) is 4.45. The number of hydrogen-bond donors (Lipinski definition) is 1. The van der Waals surface area contributed by atoms with Crippen molar-refractivity contribution >= 4 is 21.8 Å². The highest BCUT2D eigenvalue weighted by atomic mass is 32.2. The molecule has 6 nitrogen and oxygen atoms in total. The van der Waals surface area contributed by atoms with Crippen LogP contribution in [0.2, 0.25) is 0 Å². The molecule has 0 radical (unpaired) electrons. The number of carbonyl (C=O) groups excluding carboxylic acids is 1. The molecule has 1 heterocycles. The number of nitrogens with zero attached hydrogens (tertiary/aromatic N) is 1. The molecule has 1 aromatic carbocycles. The first-order valence-corrected chi connectivity index (χ1v) is 10.9. The first-order valence-electron chi connectivity index (χ1n) is 9.38. The van der Waals surface area contributed by atoms with Gasteiger partial charge in [-0.25, -0.2) is 18.1 Å². The van der Waals surface area contributed by atoms with Crippen LogP contribution in [-0.2, 0) is 20.8 Å². The van der Waals surface area contributed by atoms with E-state index < -0.39 is 60.5 Å². The van der Waals surface area contributed by atoms with E-state index in [1.165, 1.54) is 13.8 Å². The van der Waals surface area contributed by atoms with E-state index in [0.29, 0.717) is 11.0 Å². The first kappa shape index (κ1) is 24.2. The van der Waals surface area contributed by atoms with Crippen molar-refractivity contribution in [3.63, 3.8) is 0 Å². The quantitative estimate of drug-likeness (QED) is 0.736. The van der Waals surface area contributed by atoms with Crippen molar-refractivity contribution in [2.24, 2.45) is 17.3 Å². The van der Waals surface area contributed by atoms with Gasteiger partial charge in [-0.1, -0.05) is 26.8 Å². The van der Waals surface area contributed by atoms with Crippen molar-refractivity contribution in [3.8, 4) is 0 Å². The Morgan fingerprint density at radius 1 is 1.13 bits per heavy atom. The lowest BCUT2D eigenvalue weighted by molar-refractivity contribution is -0.144. The minimum absolute atomic E-state index is 0.0885. The van der Waals surface area contributed by atoms with Gasteiger partial charge in [0.2, 0.25) is 5.91 Å². The summed E-state index contributed by atoms with van der Waals surface area (Å²) in [6.07, 6.45) is -6.02. The molecular formula is C20H26F3NO5S. The number of carbonyl (C=O) groups is 2. The number of sulfone groups is 1. The number of halogens is 3. The Labute approximate surface area is 174 Å². The molecule has 10 heteroatoms. The third kappa shape index (κ3) is 4.19. The standard InChI is InChI=1S/C20H26F3NO5S/c1-18(2,3)15-14(9-10-24(16(15)25)17(26)27)19(4,5)30(28,29)13-8-6-7-12(11-13)20(21,22)23/h6-8,11,14-15H,9-10H2,1-5H3,(H,26,27)/t14-,15?/m1/s1. The van der Waals surface area contributed by atoms with E-state index in [4.69, 9.17) is 0 Å². The number of imide groups is 1. The summed E-state index contributed by atoms with van der Waals surface area (Å²) in [7, 11) is -4.29. The zero-order valence-electron chi connectivity index (χ0n) is 17.4. The van der Waals surface area contributed by atoms with E-state index >= 15 is 0 Å². The van der Waals surface area contributed by atoms with Gasteiger partial charge in [0.05, 0.1) is 15.2 Å². The molecule has 1 saturated heterocycles. The van der Waals surface area contributed by atoms with Crippen molar-refractivity contribution in [2.75, 3.05) is 6.54 Å². The lowest BCUT2D eigenvalue weighted by atomic mass is 9.65. The SMILES string of the molecule is CC(C)(C)C1C(=O)N(C(=O)O)CC[C@H]1C(C)(C)S(=O)(=O)c1cccc(C(F)(F)F)c1. The smallest absolute Gasteiger partial charge is 0.416 e. The number of likely N-dealkylation sites (tertiary alicyclic amines) is 1. The van der Waals surface area contributed by atoms with Crippen molar-refractivity contribution in [1.82, 2.24) is 4.90 Å². The number of benzene rings is 1. The van der Waals surface area contributed by atoms with E-state index in [0.717, 1.165) is 18.2 Å². The molecule has 168 valence electrons. The van der Waals surface area contributed by atoms with Crippen LogP contribution in [0.5, 0.6) is 0 Å². The number of hydrogen-bond acceptors (Lipinski definition) is 4. The molecule has 2 rings (SSSR count). The minimum atomic E-state index is -4.70. The second kappa shape index (κ2) is 7.55. The summed E-state index contributed by atoms with van der Waals surface area (Å²) >= 11 is 0. The maximum absolute atomic E-state index is 13.4. The molecular weight excluding hydrogens is 423 g/mol. The van der Waals surface area contributed by atoms with Crippen molar-refractivity contribution in [3.05, 3.63) is 29.8 Å². The largest absolute Gasteiger partial charge is 0.465 e. The average Bonchev–Trinajstić information content (AvgIpc) is 2.59. The molecule has 1 aromatic rings. The molecule has 2 amide bonds. The highest BCUT2D eigenvalue weighted by molar-refractivity contribution is 7.92. The van der Waals surface area contributed by atoms with E-state index in [-0.39, 0.29) is 13.0 Å². The summed E-state index contributed by atoms with van der Waals surface area (Å²) in [5.41, 5.74) is -1.85. The molecule has 0 spiro atoms. The fraction of sp³-hybridized carbons (Fsp3) is 0.600. The Balaban J connectivity index is 2.58. The van der Waals surface area contributed by atoms with E-state index in [2.05, 4.69) is 0 Å². The van der Waals surface area contributed by atoms with Gasteiger partial charge in [-0.2, -0.15) is 13.2 Å². The Morgan fingerprint density at radius 3 is 2.17 bits per heavy atom. The third-order valence-electron chi connectivity index (χ3n) is 5.82. The molecule has 1 fully saturated rings. The molecule has 30 heavy (non-hydrogen) atoms. The van der Waals surface area contributed by atoms with E-state index in [9.17, 15) is 36.3 Å². The van der Waals surface area contributed by atoms with Gasteiger partial charge >= 0.3 is 12.3 Å². The Hall–Kier alpha value is -2.10. The van der Waals surface area contributed by atoms with Gasteiger partial charge in [0.25, 0.3) is 0 Å². The van der Waals surface area contributed by atoms with Gasteiger partial charge in [0.15, 0.2) is 9.84 Å². The van der Waals surface area contributed by atoms with Crippen LogP contribution in [0.25, 0.3) is 0 Å². The van der Waals surface area contributed by atoms with Gasteiger partial charge in [-0.3, -0.25) is 4.79 Å². The summed E-state index contributed by atoms with van der Waals surface area (Å²) in [6, 6.07) is 3.52. The van der Waals surface area contributed by atoms with Crippen LogP contribution in [0.3, 0.4) is 0 Å². The van der Waals surface area contributed by atoms with Crippen molar-refractivity contribution in [2.45, 2.75) is 56.9 Å². The highest BCUT2D eigenvalue weighted by Gasteiger charge is 2.55. The van der Waals surface area contributed by atoms with Crippen LogP contribution in [-0.4, -0.2) is 41.7 Å². The maximum Gasteiger partial charge on any atom is 0.416 e. The normalized spacial score (nSPS) is 21.6. The van der Waals surface area contributed by atoms with Crippen LogP contribution in [0.1, 0.15) is 46.6 Å². The van der Waals surface area contributed by atoms with Crippen LogP contribution in [0, 0.1) is 17.3 Å².